The number of hydrogen-bond donors (Lipinski definition) is 4. The number of ketones is 1. The van der Waals surface area contributed by atoms with Gasteiger partial charge in [-0.15, -0.1) is 0 Å². The number of nitrogens with one attached hydrogen (secondary N) is 2. The third-order valence-electron chi connectivity index (χ3n) is 1.55. The topological polar surface area (TPSA) is 153 Å². The van der Waals surface area contributed by atoms with Gasteiger partial charge in [0.25, 0.3) is 0 Å². The lowest BCUT2D eigenvalue weighted by molar-refractivity contribution is -0.138. The first kappa shape index (κ1) is 12.3. The lowest BCUT2D eigenvalue weighted by atomic mass is 10.1. The largest absolute Gasteiger partial charge is 0.480 e. The summed E-state index contributed by atoms with van der Waals surface area (Å²) in [7, 11) is 0. The van der Waals surface area contributed by atoms with Gasteiger partial charge in [0.1, 0.15) is 6.04 Å². The molecule has 0 heterocycles. The molecule has 5 N–H and O–H groups in total. The van der Waals surface area contributed by atoms with Gasteiger partial charge in [0, 0.05) is 6.42 Å². The van der Waals surface area contributed by atoms with Gasteiger partial charge in [0.15, 0.2) is 5.78 Å². The van der Waals surface area contributed by atoms with Crippen LogP contribution in [0, 0.1) is 11.1 Å². The average Bonchev–Trinajstić information content (AvgIpc) is 2.15. The van der Waals surface area contributed by atoms with Crippen LogP contribution in [0.3, 0.4) is 0 Å². The summed E-state index contributed by atoms with van der Waals surface area (Å²) in [4.78, 5) is 21.3. The summed E-state index contributed by atoms with van der Waals surface area (Å²) in [6, 6.07) is -1.11. The van der Waals surface area contributed by atoms with Gasteiger partial charge in [-0.25, -0.2) is 11.1 Å². The molecule has 8 heteroatoms. The summed E-state index contributed by atoms with van der Waals surface area (Å²) >= 11 is 0. The van der Waals surface area contributed by atoms with Crippen molar-refractivity contribution in [2.24, 2.45) is 16.0 Å². The Bertz CT molecular complexity index is 246. The fraction of sp³-hybridized carbons (Fsp3) is 0.667. The van der Waals surface area contributed by atoms with Gasteiger partial charge in [-0.3, -0.25) is 9.59 Å². The first-order valence-corrected chi connectivity index (χ1v) is 3.77. The quantitative estimate of drug-likeness (QED) is 0.432. The van der Waals surface area contributed by atoms with Crippen LogP contribution >= 0.6 is 0 Å². The molecule has 0 fully saturated rings. The highest BCUT2D eigenvalue weighted by atomic mass is 16.4. The van der Waals surface area contributed by atoms with Crippen LogP contribution in [-0.2, 0) is 9.59 Å². The molecule has 0 aromatic heterocycles. The van der Waals surface area contributed by atoms with Crippen molar-refractivity contribution in [2.45, 2.75) is 25.0 Å². The Hall–Kier alpha value is -1.70. The summed E-state index contributed by atoms with van der Waals surface area (Å²) < 4.78 is 0. The second kappa shape index (κ2) is 5.86. The number of carbonyl (C=O) groups excluding carboxylic acids is 1. The van der Waals surface area contributed by atoms with Crippen LogP contribution < -0.4 is 5.73 Å². The number of carbonyl (C=O) groups is 2. The van der Waals surface area contributed by atoms with Crippen LogP contribution in [0.15, 0.2) is 10.2 Å². The molecule has 14 heavy (non-hydrogen) atoms. The van der Waals surface area contributed by atoms with E-state index >= 15 is 0 Å². The summed E-state index contributed by atoms with van der Waals surface area (Å²) in [6.07, 6.45) is -1.55. The van der Waals surface area contributed by atoms with Crippen molar-refractivity contribution in [1.82, 2.24) is 0 Å². The average molecular weight is 201 g/mol. The minimum atomic E-state index is -1.35. The second-order valence-electron chi connectivity index (χ2n) is 2.58. The van der Waals surface area contributed by atoms with Crippen LogP contribution in [0.1, 0.15) is 12.8 Å². The first-order chi connectivity index (χ1) is 6.52. The van der Waals surface area contributed by atoms with E-state index < -0.39 is 24.0 Å². The predicted molar refractivity (Wildman–Crippen MR) is 43.9 cm³/mol. The molecule has 8 nitrogen and oxygen atoms in total. The minimum Gasteiger partial charge on any atom is -0.480 e. The molecule has 0 saturated heterocycles. The van der Waals surface area contributed by atoms with Crippen molar-refractivity contribution in [1.29, 1.82) is 11.1 Å². The molecule has 0 unspecified atom stereocenters. The van der Waals surface area contributed by atoms with Crippen molar-refractivity contribution in [2.75, 3.05) is 0 Å². The normalized spacial score (nSPS) is 14.1. The van der Waals surface area contributed by atoms with Crippen LogP contribution in [0.25, 0.3) is 0 Å². The Morgan fingerprint density at radius 2 is 1.86 bits per heavy atom. The fourth-order valence-corrected chi connectivity index (χ4v) is 0.723. The van der Waals surface area contributed by atoms with E-state index in [0.29, 0.717) is 0 Å². The van der Waals surface area contributed by atoms with E-state index in [2.05, 4.69) is 10.2 Å². The fourth-order valence-electron chi connectivity index (χ4n) is 0.723. The maximum Gasteiger partial charge on any atom is 0.320 e. The second-order valence-corrected chi connectivity index (χ2v) is 2.58. The molecule has 1 atom stereocenters. The zero-order valence-corrected chi connectivity index (χ0v) is 7.30. The Balaban J connectivity index is 4.01. The summed E-state index contributed by atoms with van der Waals surface area (Å²) in [6.45, 7) is 0. The number of nitrogens with two attached hydrogens (primary N) is 1. The van der Waals surface area contributed by atoms with Gasteiger partial charge < -0.3 is 10.8 Å². The molecule has 0 radical (unpaired) electrons. The van der Waals surface area contributed by atoms with E-state index in [1.807, 2.05) is 0 Å². The molecule has 0 bridgehead atoms. The highest BCUT2D eigenvalue weighted by molar-refractivity contribution is 5.84. The zero-order chi connectivity index (χ0) is 11.1. The smallest absolute Gasteiger partial charge is 0.320 e. The highest BCUT2D eigenvalue weighted by Gasteiger charge is 2.19. The van der Waals surface area contributed by atoms with Gasteiger partial charge in [-0.05, 0) is 6.42 Å². The predicted octanol–water partition coefficient (Wildman–Crippen LogP) is 0.136. The molecule has 0 amide bonds. The monoisotopic (exact) mass is 201 g/mol. The summed E-state index contributed by atoms with van der Waals surface area (Å²) in [5.74, 6) is -1.77. The molecule has 0 saturated carbocycles. The van der Waals surface area contributed by atoms with E-state index in [-0.39, 0.29) is 12.8 Å². The molecule has 0 rings (SSSR count). The molecule has 0 spiro atoms. The Morgan fingerprint density at radius 1 is 1.36 bits per heavy atom. The summed E-state index contributed by atoms with van der Waals surface area (Å²) in [5, 5.41) is 14.0. The van der Waals surface area contributed by atoms with E-state index in [1.54, 1.807) is 0 Å². The van der Waals surface area contributed by atoms with Crippen molar-refractivity contribution in [3.63, 3.8) is 0 Å². The van der Waals surface area contributed by atoms with Gasteiger partial charge in [-0.1, -0.05) is 0 Å². The number of rotatable bonds is 7. The van der Waals surface area contributed by atoms with Gasteiger partial charge in [-0.2, -0.15) is 10.2 Å². The molecule has 0 aliphatic rings. The van der Waals surface area contributed by atoms with Crippen LogP contribution in [0.5, 0.6) is 0 Å². The van der Waals surface area contributed by atoms with Crippen molar-refractivity contribution < 1.29 is 14.7 Å². The first-order valence-electron chi connectivity index (χ1n) is 3.77. The van der Waals surface area contributed by atoms with Crippen molar-refractivity contribution in [3.05, 3.63) is 0 Å². The lowest BCUT2D eigenvalue weighted by Crippen LogP contribution is -2.31. The molecule has 78 valence electrons. The highest BCUT2D eigenvalue weighted by Crippen LogP contribution is 2.03. The zero-order valence-electron chi connectivity index (χ0n) is 7.30. The number of aliphatic carboxylic acids is 1. The molecular formula is C6H11N5O3. The third-order valence-corrected chi connectivity index (χ3v) is 1.55. The Kier molecular flexibility index (Phi) is 5.15. The molecule has 0 aromatic carbocycles. The standard InChI is InChI=1S/C6H11N5O3/c7-3(6(13)14)1-2-4(12)5(10-8)11-9/h3,5,8-9H,1-2,7H2,(H,13,14)/t3-,5?/m0/s1. The van der Waals surface area contributed by atoms with E-state index in [1.165, 1.54) is 0 Å². The van der Waals surface area contributed by atoms with E-state index in [4.69, 9.17) is 21.9 Å². The molecular weight excluding hydrogens is 190 g/mol. The number of carboxylic acid groups (broad SMARTS) is 1. The summed E-state index contributed by atoms with van der Waals surface area (Å²) in [5.41, 5.74) is 18.1. The Labute approximate surface area is 79.5 Å². The lowest BCUT2D eigenvalue weighted by Gasteiger charge is -2.05. The van der Waals surface area contributed by atoms with Crippen LogP contribution in [0.2, 0.25) is 0 Å². The third kappa shape index (κ3) is 3.81. The molecule has 0 aliphatic carbocycles. The van der Waals surface area contributed by atoms with E-state index in [9.17, 15) is 9.59 Å². The maximum atomic E-state index is 11.1. The van der Waals surface area contributed by atoms with E-state index in [0.717, 1.165) is 0 Å². The number of Topliss-reactive ketones (excluding diaryl/α,β-unsaturated/α-hetero) is 1. The molecule has 0 aromatic rings. The number of carboxylic acids is 1. The number of hydrogen-bond acceptors (Lipinski definition) is 7. The maximum absolute atomic E-state index is 11.1. The van der Waals surface area contributed by atoms with Crippen molar-refractivity contribution >= 4 is 11.8 Å². The van der Waals surface area contributed by atoms with Crippen LogP contribution in [-0.4, -0.2) is 29.1 Å². The SMILES string of the molecule is N=NC(N=N)C(=O)CC[C@H](N)C(=O)O. The van der Waals surface area contributed by atoms with Gasteiger partial charge >= 0.3 is 5.97 Å². The minimum absolute atomic E-state index is 0.0459. The number of nitrogens with zero attached hydrogens (tertiary/aromatic N) is 2. The molecule has 0 aliphatic heterocycles. The van der Waals surface area contributed by atoms with Crippen LogP contribution in [0.4, 0.5) is 0 Å². The van der Waals surface area contributed by atoms with Crippen molar-refractivity contribution in [3.8, 4) is 0 Å². The Morgan fingerprint density at radius 3 is 2.21 bits per heavy atom. The van der Waals surface area contributed by atoms with Gasteiger partial charge in [0.2, 0.25) is 6.17 Å². The van der Waals surface area contributed by atoms with Gasteiger partial charge in [0.05, 0.1) is 0 Å².